The maximum absolute atomic E-state index is 13.1. The number of hydrogen-bond acceptors (Lipinski definition) is 3. The molecule has 2 rings (SSSR count). The monoisotopic (exact) mass is 319 g/mol. The molecular weight excluding hydrogens is 304 g/mol. The molecular formula is C17H15F2NO3. The Balaban J connectivity index is 1.88. The topological polar surface area (TPSA) is 55.4 Å². The van der Waals surface area contributed by atoms with Crippen LogP contribution in [0.1, 0.15) is 26.3 Å². The van der Waals surface area contributed by atoms with Crippen molar-refractivity contribution in [2.45, 2.75) is 6.42 Å². The lowest BCUT2D eigenvalue weighted by atomic mass is 10.1. The number of methoxy groups -OCH3 is 1. The lowest BCUT2D eigenvalue weighted by Gasteiger charge is -2.06. The summed E-state index contributed by atoms with van der Waals surface area (Å²) in [7, 11) is 1.31. The van der Waals surface area contributed by atoms with Crippen LogP contribution in [0.3, 0.4) is 0 Å². The molecule has 23 heavy (non-hydrogen) atoms. The highest BCUT2D eigenvalue weighted by atomic mass is 19.2. The minimum atomic E-state index is -1.06. The third-order valence-electron chi connectivity index (χ3n) is 3.26. The second kappa shape index (κ2) is 7.49. The molecule has 2 aromatic rings. The molecule has 0 bridgehead atoms. The van der Waals surface area contributed by atoms with Crippen molar-refractivity contribution in [3.63, 3.8) is 0 Å². The first-order valence-electron chi connectivity index (χ1n) is 6.92. The number of carbonyl (C=O) groups is 2. The fourth-order valence-electron chi connectivity index (χ4n) is 1.99. The Kier molecular flexibility index (Phi) is 5.41. The van der Waals surface area contributed by atoms with Gasteiger partial charge in [0.1, 0.15) is 0 Å². The summed E-state index contributed by atoms with van der Waals surface area (Å²) in [6.07, 6.45) is 0.539. The number of nitrogens with one attached hydrogen (secondary N) is 1. The lowest BCUT2D eigenvalue weighted by Crippen LogP contribution is -2.25. The van der Waals surface area contributed by atoms with Crippen molar-refractivity contribution in [1.82, 2.24) is 5.32 Å². The van der Waals surface area contributed by atoms with Crippen LogP contribution in [0.25, 0.3) is 0 Å². The van der Waals surface area contributed by atoms with Crippen molar-refractivity contribution in [1.29, 1.82) is 0 Å². The van der Waals surface area contributed by atoms with Gasteiger partial charge >= 0.3 is 5.97 Å². The number of ether oxygens (including phenoxy) is 1. The third-order valence-corrected chi connectivity index (χ3v) is 3.26. The molecule has 0 unspecified atom stereocenters. The molecule has 120 valence electrons. The third kappa shape index (κ3) is 4.35. The van der Waals surface area contributed by atoms with Crippen LogP contribution < -0.4 is 5.32 Å². The van der Waals surface area contributed by atoms with E-state index in [1.165, 1.54) is 13.2 Å². The maximum Gasteiger partial charge on any atom is 0.337 e. The average Bonchev–Trinajstić information content (AvgIpc) is 2.57. The largest absolute Gasteiger partial charge is 0.465 e. The fraction of sp³-hybridized carbons (Fsp3) is 0.176. The van der Waals surface area contributed by atoms with Crippen molar-refractivity contribution in [2.24, 2.45) is 0 Å². The summed E-state index contributed by atoms with van der Waals surface area (Å²) < 4.78 is 30.5. The second-order valence-electron chi connectivity index (χ2n) is 4.82. The summed E-state index contributed by atoms with van der Waals surface area (Å²) >= 11 is 0. The number of amides is 1. The number of rotatable bonds is 5. The Labute approximate surface area is 132 Å². The first-order chi connectivity index (χ1) is 11.0. The van der Waals surface area contributed by atoms with E-state index >= 15 is 0 Å². The molecule has 2 aromatic carbocycles. The Morgan fingerprint density at radius 3 is 2.26 bits per heavy atom. The highest BCUT2D eigenvalue weighted by molar-refractivity contribution is 5.94. The Morgan fingerprint density at radius 2 is 1.65 bits per heavy atom. The van der Waals surface area contributed by atoms with Gasteiger partial charge in [-0.05, 0) is 42.3 Å². The molecule has 0 aliphatic rings. The van der Waals surface area contributed by atoms with Gasteiger partial charge in [-0.15, -0.1) is 0 Å². The zero-order valence-electron chi connectivity index (χ0n) is 12.4. The van der Waals surface area contributed by atoms with E-state index in [0.717, 1.165) is 17.7 Å². The summed E-state index contributed by atoms with van der Waals surface area (Å²) in [4.78, 5) is 23.1. The molecule has 1 N–H and O–H groups in total. The van der Waals surface area contributed by atoms with Gasteiger partial charge in [-0.2, -0.15) is 0 Å². The van der Waals surface area contributed by atoms with E-state index < -0.39 is 23.5 Å². The van der Waals surface area contributed by atoms with E-state index in [4.69, 9.17) is 0 Å². The number of esters is 1. The van der Waals surface area contributed by atoms with E-state index in [-0.39, 0.29) is 5.56 Å². The van der Waals surface area contributed by atoms with Gasteiger partial charge in [-0.25, -0.2) is 13.6 Å². The van der Waals surface area contributed by atoms with Crippen molar-refractivity contribution in [3.05, 3.63) is 70.8 Å². The molecule has 0 radical (unpaired) electrons. The molecule has 0 heterocycles. The minimum Gasteiger partial charge on any atom is -0.465 e. The zero-order valence-corrected chi connectivity index (χ0v) is 12.4. The standard InChI is InChI=1S/C17H15F2NO3/c1-23-17(22)12-4-2-11(3-5-12)8-9-20-16(21)13-6-7-14(18)15(19)10-13/h2-7,10H,8-9H2,1H3,(H,20,21). The summed E-state index contributed by atoms with van der Waals surface area (Å²) in [5.74, 6) is -2.94. The minimum absolute atomic E-state index is 0.0601. The Morgan fingerprint density at radius 1 is 1.00 bits per heavy atom. The lowest BCUT2D eigenvalue weighted by molar-refractivity contribution is 0.0600. The molecule has 0 atom stereocenters. The smallest absolute Gasteiger partial charge is 0.337 e. The molecule has 0 aliphatic heterocycles. The van der Waals surface area contributed by atoms with Crippen molar-refractivity contribution >= 4 is 11.9 Å². The van der Waals surface area contributed by atoms with Gasteiger partial charge in [0.15, 0.2) is 11.6 Å². The second-order valence-corrected chi connectivity index (χ2v) is 4.82. The molecule has 0 saturated heterocycles. The summed E-state index contributed by atoms with van der Waals surface area (Å²) in [6, 6.07) is 9.78. The predicted octanol–water partition coefficient (Wildman–Crippen LogP) is 2.72. The zero-order chi connectivity index (χ0) is 16.8. The Bertz CT molecular complexity index is 714. The highest BCUT2D eigenvalue weighted by Gasteiger charge is 2.09. The van der Waals surface area contributed by atoms with Gasteiger partial charge in [0.05, 0.1) is 12.7 Å². The average molecular weight is 319 g/mol. The first kappa shape index (κ1) is 16.6. The molecule has 6 heteroatoms. The van der Waals surface area contributed by atoms with E-state index in [1.54, 1.807) is 24.3 Å². The van der Waals surface area contributed by atoms with Crippen molar-refractivity contribution < 1.29 is 23.1 Å². The SMILES string of the molecule is COC(=O)c1ccc(CCNC(=O)c2ccc(F)c(F)c2)cc1. The van der Waals surface area contributed by atoms with Crippen molar-refractivity contribution in [3.8, 4) is 0 Å². The van der Waals surface area contributed by atoms with E-state index in [0.29, 0.717) is 18.5 Å². The van der Waals surface area contributed by atoms with Crippen LogP contribution in [0.15, 0.2) is 42.5 Å². The Hall–Kier alpha value is -2.76. The number of halogens is 2. The number of carbonyl (C=O) groups excluding carboxylic acids is 2. The molecule has 0 fully saturated rings. The van der Waals surface area contributed by atoms with E-state index in [2.05, 4.69) is 10.1 Å². The van der Waals surface area contributed by atoms with Crippen LogP contribution >= 0.6 is 0 Å². The van der Waals surface area contributed by atoms with E-state index in [9.17, 15) is 18.4 Å². The maximum atomic E-state index is 13.1. The molecule has 1 amide bonds. The van der Waals surface area contributed by atoms with Crippen LogP contribution in [-0.4, -0.2) is 25.5 Å². The van der Waals surface area contributed by atoms with E-state index in [1.807, 2.05) is 0 Å². The summed E-state index contributed by atoms with van der Waals surface area (Å²) in [5.41, 5.74) is 1.43. The van der Waals surface area contributed by atoms with Gasteiger partial charge in [-0.1, -0.05) is 12.1 Å². The predicted molar refractivity (Wildman–Crippen MR) is 80.2 cm³/mol. The van der Waals surface area contributed by atoms with Crippen molar-refractivity contribution in [2.75, 3.05) is 13.7 Å². The number of benzene rings is 2. The summed E-state index contributed by atoms with van der Waals surface area (Å²) in [5, 5.41) is 2.62. The summed E-state index contributed by atoms with van der Waals surface area (Å²) in [6.45, 7) is 0.329. The molecule has 0 aromatic heterocycles. The molecule has 0 spiro atoms. The quantitative estimate of drug-likeness (QED) is 0.862. The molecule has 0 aliphatic carbocycles. The fourth-order valence-corrected chi connectivity index (χ4v) is 1.99. The van der Waals surface area contributed by atoms with Gasteiger partial charge in [0.2, 0.25) is 0 Å². The van der Waals surface area contributed by atoms with Crippen LogP contribution in [-0.2, 0) is 11.2 Å². The van der Waals surface area contributed by atoms with Crippen LogP contribution in [0.4, 0.5) is 8.78 Å². The first-order valence-corrected chi connectivity index (χ1v) is 6.92. The molecule has 4 nitrogen and oxygen atoms in total. The van der Waals surface area contributed by atoms with Crippen LogP contribution in [0.2, 0.25) is 0 Å². The normalized spacial score (nSPS) is 10.2. The number of hydrogen-bond donors (Lipinski definition) is 1. The molecule has 0 saturated carbocycles. The highest BCUT2D eigenvalue weighted by Crippen LogP contribution is 2.09. The van der Waals surface area contributed by atoms with Gasteiger partial charge < -0.3 is 10.1 Å². The van der Waals surface area contributed by atoms with Gasteiger partial charge in [-0.3, -0.25) is 4.79 Å². The van der Waals surface area contributed by atoms with Crippen LogP contribution in [0, 0.1) is 11.6 Å². The van der Waals surface area contributed by atoms with Gasteiger partial charge in [0, 0.05) is 12.1 Å². The van der Waals surface area contributed by atoms with Crippen LogP contribution in [0.5, 0.6) is 0 Å². The van der Waals surface area contributed by atoms with Gasteiger partial charge in [0.25, 0.3) is 5.91 Å².